The van der Waals surface area contributed by atoms with E-state index in [1.807, 2.05) is 25.1 Å². The molecule has 0 radical (unpaired) electrons. The van der Waals surface area contributed by atoms with Crippen molar-refractivity contribution >= 4 is 11.6 Å². The Morgan fingerprint density at radius 3 is 2.84 bits per heavy atom. The summed E-state index contributed by atoms with van der Waals surface area (Å²) in [5.74, 6) is 0.696. The highest BCUT2D eigenvalue weighted by atomic mass is 16.5. The number of aromatic nitrogens is 3. The molecule has 7 nitrogen and oxygen atoms in total. The molecular weight excluding hydrogens is 320 g/mol. The van der Waals surface area contributed by atoms with Crippen LogP contribution in [0.3, 0.4) is 0 Å². The number of rotatable bonds is 2. The molecule has 0 bridgehead atoms. The highest BCUT2D eigenvalue weighted by Crippen LogP contribution is 2.34. The third-order valence-corrected chi connectivity index (χ3v) is 4.02. The summed E-state index contributed by atoms with van der Waals surface area (Å²) < 4.78 is 11.0. The maximum atomic E-state index is 13.3. The van der Waals surface area contributed by atoms with E-state index < -0.39 is 0 Å². The number of aryl methyl sites for hydroxylation is 1. The summed E-state index contributed by atoms with van der Waals surface area (Å²) in [4.78, 5) is 23.5. The second-order valence-corrected chi connectivity index (χ2v) is 5.85. The van der Waals surface area contributed by atoms with E-state index in [0.717, 1.165) is 0 Å². The molecule has 7 heteroatoms. The van der Waals surface area contributed by atoms with Gasteiger partial charge in [0.2, 0.25) is 5.88 Å². The molecular formula is C18H16N4O3. The Morgan fingerprint density at radius 1 is 1.20 bits per heavy atom. The number of nitrogens with zero attached hydrogens (tertiary/aromatic N) is 4. The summed E-state index contributed by atoms with van der Waals surface area (Å²) >= 11 is 0. The molecule has 126 valence electrons. The third-order valence-electron chi connectivity index (χ3n) is 4.02. The lowest BCUT2D eigenvalue weighted by molar-refractivity contribution is 0.0957. The first-order valence-electron chi connectivity index (χ1n) is 7.96. The Hall–Kier alpha value is -3.22. The number of fused-ring (bicyclic) bond motifs is 1. The first kappa shape index (κ1) is 15.3. The van der Waals surface area contributed by atoms with E-state index in [2.05, 4.69) is 15.1 Å². The van der Waals surface area contributed by atoms with Crippen LogP contribution in [-0.2, 0) is 0 Å². The van der Waals surface area contributed by atoms with E-state index in [-0.39, 0.29) is 12.0 Å². The number of anilines is 1. The van der Waals surface area contributed by atoms with Crippen LogP contribution < -0.4 is 9.64 Å². The number of hydrogen-bond acceptors (Lipinski definition) is 6. The summed E-state index contributed by atoms with van der Waals surface area (Å²) in [6.45, 7) is 4.04. The van der Waals surface area contributed by atoms with E-state index in [4.69, 9.17) is 9.26 Å². The fraction of sp³-hybridized carbons (Fsp3) is 0.222. The Balaban J connectivity index is 1.79. The van der Waals surface area contributed by atoms with Crippen molar-refractivity contribution in [2.75, 3.05) is 11.4 Å². The number of carbonyl (C=O) groups is 1. The molecule has 0 aromatic carbocycles. The number of carbonyl (C=O) groups excluding carboxylic acids is 1. The third kappa shape index (κ3) is 2.63. The van der Waals surface area contributed by atoms with Gasteiger partial charge in [0.15, 0.2) is 0 Å². The molecule has 3 aromatic heterocycles. The van der Waals surface area contributed by atoms with Gasteiger partial charge in [0.05, 0.1) is 12.2 Å². The summed E-state index contributed by atoms with van der Waals surface area (Å²) in [5, 5.41) is 4.05. The normalized spacial score (nSPS) is 16.2. The van der Waals surface area contributed by atoms with Gasteiger partial charge in [0.1, 0.15) is 28.8 Å². The molecule has 25 heavy (non-hydrogen) atoms. The Bertz CT molecular complexity index is 923. The minimum Gasteiger partial charge on any atom is -0.471 e. The van der Waals surface area contributed by atoms with Crippen LogP contribution in [0.5, 0.6) is 5.88 Å². The van der Waals surface area contributed by atoms with Crippen LogP contribution >= 0.6 is 0 Å². The molecule has 1 atom stereocenters. The predicted molar refractivity (Wildman–Crippen MR) is 90.5 cm³/mol. The van der Waals surface area contributed by atoms with Gasteiger partial charge >= 0.3 is 0 Å². The molecule has 0 unspecified atom stereocenters. The Labute approximate surface area is 144 Å². The molecule has 1 aliphatic heterocycles. The molecule has 0 saturated carbocycles. The molecule has 0 aliphatic carbocycles. The highest BCUT2D eigenvalue weighted by molar-refractivity contribution is 6.10. The predicted octanol–water partition coefficient (Wildman–Crippen LogP) is 2.87. The first-order valence-corrected chi connectivity index (χ1v) is 7.96. The molecule has 1 amide bonds. The van der Waals surface area contributed by atoms with Gasteiger partial charge in [0, 0.05) is 12.4 Å². The van der Waals surface area contributed by atoms with Crippen molar-refractivity contribution in [3.8, 4) is 17.3 Å². The van der Waals surface area contributed by atoms with Gasteiger partial charge < -0.3 is 9.26 Å². The van der Waals surface area contributed by atoms with Crippen LogP contribution in [0.25, 0.3) is 11.4 Å². The van der Waals surface area contributed by atoms with Crippen molar-refractivity contribution in [2.45, 2.75) is 20.0 Å². The SMILES string of the molecule is Cc1onc(-c2ccccn2)c1C(=O)N1C[C@@H](C)Oc2ncccc21. The average molecular weight is 336 g/mol. The van der Waals surface area contributed by atoms with Crippen LogP contribution in [0.4, 0.5) is 5.69 Å². The van der Waals surface area contributed by atoms with Crippen molar-refractivity contribution in [3.63, 3.8) is 0 Å². The van der Waals surface area contributed by atoms with Gasteiger partial charge in [-0.1, -0.05) is 11.2 Å². The number of hydrogen-bond donors (Lipinski definition) is 0. The second-order valence-electron chi connectivity index (χ2n) is 5.85. The standard InChI is InChI=1S/C18H16N4O3/c1-11-10-22(14-7-5-9-20-17(14)24-11)18(23)15-12(2)25-21-16(15)13-6-3-4-8-19-13/h3-9,11H,10H2,1-2H3/t11-/m1/s1. The molecule has 1 aliphatic rings. The van der Waals surface area contributed by atoms with Crippen molar-refractivity contribution in [2.24, 2.45) is 0 Å². The van der Waals surface area contributed by atoms with E-state index in [0.29, 0.717) is 40.8 Å². The lowest BCUT2D eigenvalue weighted by Gasteiger charge is -2.32. The van der Waals surface area contributed by atoms with E-state index in [1.54, 1.807) is 36.4 Å². The van der Waals surface area contributed by atoms with Gasteiger partial charge in [-0.25, -0.2) is 4.98 Å². The van der Waals surface area contributed by atoms with E-state index >= 15 is 0 Å². The van der Waals surface area contributed by atoms with E-state index in [1.165, 1.54) is 0 Å². The van der Waals surface area contributed by atoms with Crippen molar-refractivity contribution in [1.82, 2.24) is 15.1 Å². The van der Waals surface area contributed by atoms with Gasteiger partial charge in [-0.3, -0.25) is 14.7 Å². The fourth-order valence-corrected chi connectivity index (χ4v) is 2.89. The highest BCUT2D eigenvalue weighted by Gasteiger charge is 2.33. The van der Waals surface area contributed by atoms with E-state index in [9.17, 15) is 4.79 Å². The molecule has 4 heterocycles. The first-order chi connectivity index (χ1) is 12.1. The number of amides is 1. The monoisotopic (exact) mass is 336 g/mol. The zero-order chi connectivity index (χ0) is 17.4. The van der Waals surface area contributed by atoms with Crippen LogP contribution in [0.1, 0.15) is 23.0 Å². The molecule has 3 aromatic rings. The van der Waals surface area contributed by atoms with Crippen molar-refractivity contribution in [3.05, 3.63) is 54.0 Å². The maximum Gasteiger partial charge on any atom is 0.264 e. The molecule has 4 rings (SSSR count). The summed E-state index contributed by atoms with van der Waals surface area (Å²) in [7, 11) is 0. The minimum atomic E-state index is -0.205. The average Bonchev–Trinajstić information content (AvgIpc) is 3.02. The zero-order valence-electron chi connectivity index (χ0n) is 13.8. The van der Waals surface area contributed by atoms with Crippen LogP contribution in [-0.4, -0.2) is 33.7 Å². The number of pyridine rings is 2. The quantitative estimate of drug-likeness (QED) is 0.716. The molecule has 0 fully saturated rings. The maximum absolute atomic E-state index is 13.3. The summed E-state index contributed by atoms with van der Waals surface area (Å²) in [6.07, 6.45) is 3.14. The fourth-order valence-electron chi connectivity index (χ4n) is 2.89. The minimum absolute atomic E-state index is 0.162. The van der Waals surface area contributed by atoms with Crippen molar-refractivity contribution < 1.29 is 14.1 Å². The van der Waals surface area contributed by atoms with Gasteiger partial charge in [-0.2, -0.15) is 0 Å². The lowest BCUT2D eigenvalue weighted by Crippen LogP contribution is -2.42. The smallest absolute Gasteiger partial charge is 0.264 e. The Morgan fingerprint density at radius 2 is 2.04 bits per heavy atom. The molecule has 0 spiro atoms. The molecule has 0 saturated heterocycles. The van der Waals surface area contributed by atoms with Crippen molar-refractivity contribution in [1.29, 1.82) is 0 Å². The number of ether oxygens (including phenoxy) is 1. The van der Waals surface area contributed by atoms with Gasteiger partial charge in [-0.15, -0.1) is 0 Å². The Kier molecular flexibility index (Phi) is 3.68. The molecule has 0 N–H and O–H groups in total. The van der Waals surface area contributed by atoms with Crippen LogP contribution in [0, 0.1) is 6.92 Å². The second kappa shape index (κ2) is 6.01. The van der Waals surface area contributed by atoms with Gasteiger partial charge in [-0.05, 0) is 38.1 Å². The lowest BCUT2D eigenvalue weighted by atomic mass is 10.1. The summed E-state index contributed by atoms with van der Waals surface area (Å²) in [6, 6.07) is 9.04. The summed E-state index contributed by atoms with van der Waals surface area (Å²) in [5.41, 5.74) is 2.07. The largest absolute Gasteiger partial charge is 0.471 e. The zero-order valence-corrected chi connectivity index (χ0v) is 13.8. The van der Waals surface area contributed by atoms with Crippen LogP contribution in [0.15, 0.2) is 47.2 Å². The van der Waals surface area contributed by atoms with Gasteiger partial charge in [0.25, 0.3) is 5.91 Å². The van der Waals surface area contributed by atoms with Crippen LogP contribution in [0.2, 0.25) is 0 Å². The topological polar surface area (TPSA) is 81.4 Å².